The zero-order valence-corrected chi connectivity index (χ0v) is 25.9. The average Bonchev–Trinajstić information content (AvgIpc) is 3.04. The fourth-order valence-corrected chi connectivity index (χ4v) is 7.01. The number of amides is 3. The Morgan fingerprint density at radius 1 is 1.02 bits per heavy atom. The maximum Gasteiger partial charge on any atom is 0.321 e. The largest absolute Gasteiger partial charge is 0.494 e. The summed E-state index contributed by atoms with van der Waals surface area (Å²) in [5.74, 6) is 1.31. The van der Waals surface area contributed by atoms with Crippen LogP contribution >= 0.6 is 0 Å². The third kappa shape index (κ3) is 8.49. The highest BCUT2D eigenvalue weighted by Gasteiger charge is 2.33. The quantitative estimate of drug-likeness (QED) is 0.289. The van der Waals surface area contributed by atoms with E-state index in [1.54, 1.807) is 0 Å². The minimum atomic E-state index is -0.515. The lowest BCUT2D eigenvalue weighted by molar-refractivity contribution is -0.132. The highest BCUT2D eigenvalue weighted by Crippen LogP contribution is 2.31. The first-order chi connectivity index (χ1) is 21.0. The number of urea groups is 1. The smallest absolute Gasteiger partial charge is 0.321 e. The van der Waals surface area contributed by atoms with Crippen molar-refractivity contribution in [3.8, 4) is 5.75 Å². The van der Waals surface area contributed by atoms with Gasteiger partial charge in [-0.3, -0.25) is 19.8 Å². The van der Waals surface area contributed by atoms with Crippen LogP contribution in [0.4, 0.5) is 10.5 Å². The van der Waals surface area contributed by atoms with Gasteiger partial charge in [-0.15, -0.1) is 0 Å². The molecule has 3 fully saturated rings. The summed E-state index contributed by atoms with van der Waals surface area (Å²) in [7, 11) is 1.94. The second-order valence-corrected chi connectivity index (χ2v) is 12.7. The molecule has 3 amide bonds. The number of guanidine groups is 1. The maximum atomic E-state index is 13.0. The number of carbonyl (C=O) groups excluding carboxylic acids is 3. The fraction of sp³-hybridized carbons (Fsp3) is 0.697. The van der Waals surface area contributed by atoms with Gasteiger partial charge in [0.15, 0.2) is 6.29 Å². The zero-order chi connectivity index (χ0) is 30.0. The van der Waals surface area contributed by atoms with Crippen molar-refractivity contribution in [1.29, 1.82) is 0 Å². The van der Waals surface area contributed by atoms with Crippen LogP contribution in [0.2, 0.25) is 0 Å². The molecule has 1 aromatic rings. The summed E-state index contributed by atoms with van der Waals surface area (Å²) < 4.78 is 6.06. The number of nitrogens with zero attached hydrogens (tertiary/aromatic N) is 4. The summed E-state index contributed by atoms with van der Waals surface area (Å²) in [4.78, 5) is 49.1. The molecule has 0 bridgehead atoms. The molecular weight excluding hydrogens is 544 g/mol. The Kier molecular flexibility index (Phi) is 11.3. The number of hydrogen-bond acceptors (Lipinski definition) is 7. The first-order valence-electron chi connectivity index (χ1n) is 16.7. The van der Waals surface area contributed by atoms with E-state index >= 15 is 0 Å². The van der Waals surface area contributed by atoms with E-state index < -0.39 is 6.17 Å². The Bertz CT molecular complexity index is 1120. The number of benzene rings is 1. The van der Waals surface area contributed by atoms with E-state index in [9.17, 15) is 14.4 Å². The number of ether oxygens (including phenoxy) is 1. The topological polar surface area (TPSA) is 107 Å². The van der Waals surface area contributed by atoms with Crippen molar-refractivity contribution >= 4 is 29.9 Å². The van der Waals surface area contributed by atoms with Gasteiger partial charge < -0.3 is 19.9 Å². The van der Waals surface area contributed by atoms with Gasteiger partial charge in [-0.1, -0.05) is 44.9 Å². The molecule has 0 aromatic heterocycles. The molecule has 2 N–H and O–H groups in total. The minimum Gasteiger partial charge on any atom is -0.494 e. The lowest BCUT2D eigenvalue weighted by atomic mass is 9.94. The Labute approximate surface area is 256 Å². The van der Waals surface area contributed by atoms with Crippen molar-refractivity contribution in [1.82, 2.24) is 25.3 Å². The Hall–Kier alpha value is -3.14. The lowest BCUT2D eigenvalue weighted by Gasteiger charge is -2.41. The van der Waals surface area contributed by atoms with E-state index in [1.807, 2.05) is 35.0 Å². The fourth-order valence-electron chi connectivity index (χ4n) is 7.01. The molecule has 2 aliphatic carbocycles. The van der Waals surface area contributed by atoms with E-state index in [4.69, 9.17) is 9.73 Å². The first kappa shape index (κ1) is 31.3. The molecule has 10 nitrogen and oxygen atoms in total. The van der Waals surface area contributed by atoms with Crippen LogP contribution in [0.1, 0.15) is 102 Å². The number of piperidine rings is 1. The van der Waals surface area contributed by atoms with Crippen LogP contribution in [0.15, 0.2) is 23.2 Å². The van der Waals surface area contributed by atoms with Gasteiger partial charge >= 0.3 is 6.03 Å². The van der Waals surface area contributed by atoms with E-state index in [-0.39, 0.29) is 18.0 Å². The van der Waals surface area contributed by atoms with Crippen molar-refractivity contribution in [3.63, 3.8) is 0 Å². The molecule has 5 rings (SSSR count). The van der Waals surface area contributed by atoms with Crippen LogP contribution in [0.5, 0.6) is 5.75 Å². The standard InChI is InChI=1S/C33H50N6O4/c1-37(27-14-7-3-8-15-27)31(41)16-11-21-43-28-17-18-29-25(22-28)23-39(30(24-40)38-19-9-4-10-20-38)32(35-29)36-33(42)34-26-12-5-2-6-13-26/h17-18,22,24,26-27,30H,2-16,19-21,23H2,1H3,(H2,34,35,36,42). The molecule has 0 radical (unpaired) electrons. The number of aldehydes is 1. The molecule has 43 heavy (non-hydrogen) atoms. The Balaban J connectivity index is 1.22. The van der Waals surface area contributed by atoms with Gasteiger partial charge in [-0.2, -0.15) is 0 Å². The van der Waals surface area contributed by atoms with Crippen LogP contribution in [0.25, 0.3) is 0 Å². The molecule has 1 saturated heterocycles. The third-order valence-electron chi connectivity index (χ3n) is 9.58. The molecule has 4 aliphatic rings. The molecule has 1 aromatic carbocycles. The normalized spacial score (nSPS) is 20.9. The zero-order valence-electron chi connectivity index (χ0n) is 25.9. The van der Waals surface area contributed by atoms with E-state index in [1.165, 1.54) is 25.7 Å². The molecule has 0 spiro atoms. The minimum absolute atomic E-state index is 0.172. The second-order valence-electron chi connectivity index (χ2n) is 12.7. The highest BCUT2D eigenvalue weighted by molar-refractivity contribution is 5.99. The van der Waals surface area contributed by atoms with Crippen molar-refractivity contribution in [2.45, 2.75) is 121 Å². The van der Waals surface area contributed by atoms with Crippen LogP contribution in [-0.2, 0) is 16.1 Å². The van der Waals surface area contributed by atoms with Crippen molar-refractivity contribution < 1.29 is 19.1 Å². The van der Waals surface area contributed by atoms with Gasteiger partial charge in [0.1, 0.15) is 11.9 Å². The van der Waals surface area contributed by atoms with Crippen molar-refractivity contribution in [3.05, 3.63) is 23.8 Å². The summed E-state index contributed by atoms with van der Waals surface area (Å²) in [6.45, 7) is 2.56. The number of aliphatic imine (C=N–C) groups is 1. The summed E-state index contributed by atoms with van der Waals surface area (Å²) >= 11 is 0. The van der Waals surface area contributed by atoms with Gasteiger partial charge in [0.05, 0.1) is 18.8 Å². The molecular formula is C33H50N6O4. The Morgan fingerprint density at radius 2 is 1.72 bits per heavy atom. The third-order valence-corrected chi connectivity index (χ3v) is 9.58. The number of nitrogens with one attached hydrogen (secondary N) is 2. The highest BCUT2D eigenvalue weighted by atomic mass is 16.5. The predicted octanol–water partition coefficient (Wildman–Crippen LogP) is 5.08. The van der Waals surface area contributed by atoms with Crippen LogP contribution < -0.4 is 15.4 Å². The summed E-state index contributed by atoms with van der Waals surface area (Å²) in [6.07, 6.45) is 16.2. The monoisotopic (exact) mass is 594 g/mol. The van der Waals surface area contributed by atoms with Gasteiger partial charge in [0.25, 0.3) is 0 Å². The predicted molar refractivity (Wildman–Crippen MR) is 167 cm³/mol. The van der Waals surface area contributed by atoms with E-state index in [2.05, 4.69) is 15.5 Å². The SMILES string of the molecule is CN(C(=O)CCCOc1ccc2c(c1)CN(C(C=O)N1CCCCC1)C(NC(=O)NC1CCCCC1)=N2)C1CCCCC1. The lowest BCUT2D eigenvalue weighted by Crippen LogP contribution is -2.59. The summed E-state index contributed by atoms with van der Waals surface area (Å²) in [6, 6.07) is 6.04. The molecule has 2 saturated carbocycles. The average molecular weight is 595 g/mol. The first-order valence-corrected chi connectivity index (χ1v) is 16.7. The molecule has 2 aliphatic heterocycles. The maximum absolute atomic E-state index is 13.0. The van der Waals surface area contributed by atoms with Gasteiger partial charge in [-0.25, -0.2) is 9.79 Å². The molecule has 10 heteroatoms. The number of fused-ring (bicyclic) bond motifs is 1. The second kappa shape index (κ2) is 15.5. The van der Waals surface area contributed by atoms with Crippen molar-refractivity contribution in [2.24, 2.45) is 4.99 Å². The number of rotatable bonds is 10. The molecule has 2 heterocycles. The van der Waals surface area contributed by atoms with Crippen molar-refractivity contribution in [2.75, 3.05) is 26.7 Å². The number of carbonyl (C=O) groups is 3. The molecule has 1 unspecified atom stereocenters. The van der Waals surface area contributed by atoms with Gasteiger partial charge in [0, 0.05) is 44.2 Å². The Morgan fingerprint density at radius 3 is 2.44 bits per heavy atom. The van der Waals surface area contributed by atoms with Crippen LogP contribution in [0.3, 0.4) is 0 Å². The molecule has 1 atom stereocenters. The summed E-state index contributed by atoms with van der Waals surface area (Å²) in [5.41, 5.74) is 1.69. The van der Waals surface area contributed by atoms with E-state index in [0.717, 1.165) is 88.4 Å². The number of hydrogen-bond donors (Lipinski definition) is 2. The summed E-state index contributed by atoms with van der Waals surface area (Å²) in [5, 5.41) is 6.10. The van der Waals surface area contributed by atoms with E-state index in [0.29, 0.717) is 43.7 Å². The van der Waals surface area contributed by atoms with Crippen LogP contribution in [0, 0.1) is 0 Å². The van der Waals surface area contributed by atoms with Gasteiger partial charge in [0.2, 0.25) is 11.9 Å². The number of likely N-dealkylation sites (tertiary alicyclic amines) is 1. The molecule has 236 valence electrons. The van der Waals surface area contributed by atoms with Gasteiger partial charge in [-0.05, 0) is 63.1 Å². The van der Waals surface area contributed by atoms with Crippen LogP contribution in [-0.4, -0.2) is 83.9 Å².